The molecule has 0 unspecified atom stereocenters. The Labute approximate surface area is 142 Å². The van der Waals surface area contributed by atoms with Crippen molar-refractivity contribution in [1.29, 1.82) is 0 Å². The summed E-state index contributed by atoms with van der Waals surface area (Å²) in [5.74, 6) is -1.87. The number of fused-ring (bicyclic) bond motifs is 1. The van der Waals surface area contributed by atoms with Crippen molar-refractivity contribution in [2.24, 2.45) is 0 Å². The van der Waals surface area contributed by atoms with Crippen LogP contribution in [0.5, 0.6) is 0 Å². The molecule has 124 valence electrons. The molecule has 0 atom stereocenters. The van der Waals surface area contributed by atoms with Crippen molar-refractivity contribution in [1.82, 2.24) is 4.98 Å². The van der Waals surface area contributed by atoms with Gasteiger partial charge in [-0.2, -0.15) is 13.2 Å². The van der Waals surface area contributed by atoms with Gasteiger partial charge < -0.3 is 0 Å². The van der Waals surface area contributed by atoms with E-state index in [1.54, 1.807) is 54.6 Å². The molecule has 0 radical (unpaired) electrons. The first kappa shape index (κ1) is 17.9. The smallest absolute Gasteiger partial charge is 0.284 e. The molecule has 3 aromatic rings. The predicted molar refractivity (Wildman–Crippen MR) is 89.5 cm³/mol. The fourth-order valence-electron chi connectivity index (χ4n) is 2.66. The number of hydrogen-bond acceptors (Lipinski definition) is 2. The van der Waals surface area contributed by atoms with Crippen LogP contribution in [-0.4, -0.2) is 16.9 Å². The highest BCUT2D eigenvalue weighted by Gasteiger charge is 2.42. The van der Waals surface area contributed by atoms with Crippen molar-refractivity contribution in [2.75, 3.05) is 0 Å². The topological polar surface area (TPSA) is 30.0 Å². The van der Waals surface area contributed by atoms with Gasteiger partial charge in [-0.15, -0.1) is 12.4 Å². The molecule has 0 aliphatic carbocycles. The molecule has 0 fully saturated rings. The number of rotatable bonds is 2. The first-order valence-electron chi connectivity index (χ1n) is 6.96. The molecule has 2 nitrogen and oxygen atoms in total. The highest BCUT2D eigenvalue weighted by molar-refractivity contribution is 6.12. The van der Waals surface area contributed by atoms with Gasteiger partial charge in [-0.05, 0) is 18.6 Å². The monoisotopic (exact) mass is 351 g/mol. The summed E-state index contributed by atoms with van der Waals surface area (Å²) in [6.07, 6.45) is -4.95. The Morgan fingerprint density at radius 1 is 0.958 bits per heavy atom. The van der Waals surface area contributed by atoms with Gasteiger partial charge in [-0.1, -0.05) is 48.5 Å². The van der Waals surface area contributed by atoms with Gasteiger partial charge in [-0.25, -0.2) is 0 Å². The van der Waals surface area contributed by atoms with Crippen molar-refractivity contribution >= 4 is 29.1 Å². The van der Waals surface area contributed by atoms with Crippen molar-refractivity contribution in [3.05, 3.63) is 65.9 Å². The van der Waals surface area contributed by atoms with Gasteiger partial charge in [0.15, 0.2) is 0 Å². The number of aromatic nitrogens is 1. The number of halogens is 4. The molecule has 2 aromatic carbocycles. The number of benzene rings is 2. The average molecular weight is 352 g/mol. The Bertz CT molecular complexity index is 892. The van der Waals surface area contributed by atoms with Crippen LogP contribution in [0, 0.1) is 6.92 Å². The predicted octanol–water partition coefficient (Wildman–Crippen LogP) is 5.38. The number of hydrogen-bond donors (Lipinski definition) is 0. The van der Waals surface area contributed by atoms with Crippen LogP contribution in [0.15, 0.2) is 54.6 Å². The van der Waals surface area contributed by atoms with E-state index in [0.717, 1.165) is 0 Å². The molecular weight excluding hydrogens is 339 g/mol. The Kier molecular flexibility index (Phi) is 4.94. The maximum Gasteiger partial charge on any atom is 0.454 e. The zero-order valence-electron chi connectivity index (χ0n) is 12.6. The fraction of sp³-hybridized carbons (Fsp3) is 0.111. The van der Waals surface area contributed by atoms with Crippen LogP contribution >= 0.6 is 12.4 Å². The molecule has 0 aliphatic rings. The van der Waals surface area contributed by atoms with Crippen molar-refractivity contribution in [3.8, 4) is 11.1 Å². The van der Waals surface area contributed by atoms with Gasteiger partial charge in [-0.3, -0.25) is 9.78 Å². The molecule has 0 saturated heterocycles. The second kappa shape index (κ2) is 6.61. The normalized spacial score (nSPS) is 11.2. The van der Waals surface area contributed by atoms with Crippen molar-refractivity contribution < 1.29 is 18.0 Å². The van der Waals surface area contributed by atoms with Gasteiger partial charge in [0.2, 0.25) is 0 Å². The SMILES string of the molecule is Cc1nc2ccccc2c(-c2ccccc2)c1C(=O)C(F)(F)F.Cl. The van der Waals surface area contributed by atoms with E-state index in [1.165, 1.54) is 6.92 Å². The molecule has 1 heterocycles. The van der Waals surface area contributed by atoms with Crippen LogP contribution in [-0.2, 0) is 0 Å². The molecule has 0 spiro atoms. The number of ketones is 1. The molecule has 0 aliphatic heterocycles. The third-order valence-corrected chi connectivity index (χ3v) is 3.62. The van der Waals surface area contributed by atoms with Crippen LogP contribution in [0.4, 0.5) is 13.2 Å². The maximum absolute atomic E-state index is 13.0. The van der Waals surface area contributed by atoms with Crippen LogP contribution in [0.2, 0.25) is 0 Å². The maximum atomic E-state index is 13.0. The van der Waals surface area contributed by atoms with Crippen LogP contribution in [0.3, 0.4) is 0 Å². The van der Waals surface area contributed by atoms with Crippen LogP contribution < -0.4 is 0 Å². The molecular formula is C18H13ClF3NO. The fourth-order valence-corrected chi connectivity index (χ4v) is 2.66. The van der Waals surface area contributed by atoms with E-state index in [-0.39, 0.29) is 29.2 Å². The summed E-state index contributed by atoms with van der Waals surface area (Å²) >= 11 is 0. The summed E-state index contributed by atoms with van der Waals surface area (Å²) in [5.41, 5.74) is 1.08. The van der Waals surface area contributed by atoms with Crippen molar-refractivity contribution in [2.45, 2.75) is 13.1 Å². The third-order valence-electron chi connectivity index (χ3n) is 3.62. The van der Waals surface area contributed by atoms with E-state index in [4.69, 9.17) is 0 Å². The van der Waals surface area contributed by atoms with E-state index < -0.39 is 12.0 Å². The van der Waals surface area contributed by atoms with Gasteiger partial charge in [0.25, 0.3) is 5.78 Å². The Balaban J connectivity index is 0.00000208. The van der Waals surface area contributed by atoms with E-state index in [2.05, 4.69) is 4.98 Å². The summed E-state index contributed by atoms with van der Waals surface area (Å²) in [6, 6.07) is 15.5. The van der Waals surface area contributed by atoms with E-state index in [9.17, 15) is 18.0 Å². The zero-order valence-corrected chi connectivity index (χ0v) is 13.4. The minimum atomic E-state index is -4.95. The second-order valence-electron chi connectivity index (χ2n) is 5.16. The first-order valence-corrected chi connectivity index (χ1v) is 6.96. The molecule has 0 saturated carbocycles. The van der Waals surface area contributed by atoms with Gasteiger partial charge >= 0.3 is 6.18 Å². The number of para-hydroxylation sites is 1. The summed E-state index contributed by atoms with van der Waals surface area (Å²) in [7, 11) is 0. The minimum Gasteiger partial charge on any atom is -0.284 e. The number of pyridine rings is 1. The Morgan fingerprint density at radius 3 is 2.17 bits per heavy atom. The standard InChI is InChI=1S/C18H12F3NO.ClH/c1-11-15(17(23)18(19,20)21)16(12-7-3-2-4-8-12)13-9-5-6-10-14(13)22-11;/h2-10H,1H3;1H. The molecule has 0 bridgehead atoms. The van der Waals surface area contributed by atoms with Crippen LogP contribution in [0.1, 0.15) is 16.1 Å². The molecule has 0 amide bonds. The Morgan fingerprint density at radius 2 is 1.54 bits per heavy atom. The molecule has 3 rings (SSSR count). The minimum absolute atomic E-state index is 0. The number of nitrogens with zero attached hydrogens (tertiary/aromatic N) is 1. The van der Waals surface area contributed by atoms with Crippen molar-refractivity contribution in [3.63, 3.8) is 0 Å². The summed E-state index contributed by atoms with van der Waals surface area (Å²) in [6.45, 7) is 1.43. The number of Topliss-reactive ketones (excluding diaryl/α,β-unsaturated/α-hetero) is 1. The van der Waals surface area contributed by atoms with E-state index in [1.807, 2.05) is 0 Å². The first-order chi connectivity index (χ1) is 10.9. The van der Waals surface area contributed by atoms with Gasteiger partial charge in [0.05, 0.1) is 11.1 Å². The van der Waals surface area contributed by atoms with E-state index in [0.29, 0.717) is 16.5 Å². The van der Waals surface area contributed by atoms with Crippen LogP contribution in [0.25, 0.3) is 22.0 Å². The molecule has 1 aromatic heterocycles. The number of carbonyl (C=O) groups is 1. The highest BCUT2D eigenvalue weighted by Crippen LogP contribution is 2.36. The van der Waals surface area contributed by atoms with Gasteiger partial charge in [0.1, 0.15) is 0 Å². The zero-order chi connectivity index (χ0) is 16.6. The number of carbonyl (C=O) groups excluding carboxylic acids is 1. The number of alkyl halides is 3. The molecule has 24 heavy (non-hydrogen) atoms. The lowest BCUT2D eigenvalue weighted by Gasteiger charge is -2.16. The highest BCUT2D eigenvalue weighted by atomic mass is 35.5. The lowest BCUT2D eigenvalue weighted by molar-refractivity contribution is -0.0885. The third kappa shape index (κ3) is 3.12. The van der Waals surface area contributed by atoms with E-state index >= 15 is 0 Å². The summed E-state index contributed by atoms with van der Waals surface area (Å²) < 4.78 is 39.1. The summed E-state index contributed by atoms with van der Waals surface area (Å²) in [4.78, 5) is 16.1. The lowest BCUT2D eigenvalue weighted by atomic mass is 9.92. The molecule has 6 heteroatoms. The Hall–Kier alpha value is -2.40. The second-order valence-corrected chi connectivity index (χ2v) is 5.16. The van der Waals surface area contributed by atoms with Gasteiger partial charge in [0, 0.05) is 16.6 Å². The lowest BCUT2D eigenvalue weighted by Crippen LogP contribution is -2.25. The largest absolute Gasteiger partial charge is 0.454 e. The number of aryl methyl sites for hydroxylation is 1. The summed E-state index contributed by atoms with van der Waals surface area (Å²) in [5, 5.41) is 0.525. The quantitative estimate of drug-likeness (QED) is 0.580. The molecule has 0 N–H and O–H groups in total. The average Bonchev–Trinajstić information content (AvgIpc) is 2.53.